The molecule has 3 N–H and O–H groups in total. The average molecular weight is 363 g/mol. The molecule has 2 unspecified atom stereocenters. The summed E-state index contributed by atoms with van der Waals surface area (Å²) in [5.74, 6) is 0.743. The van der Waals surface area contributed by atoms with Gasteiger partial charge in [0.05, 0.1) is 12.8 Å². The van der Waals surface area contributed by atoms with Gasteiger partial charge in [0.2, 0.25) is 5.91 Å². The molecule has 0 aliphatic carbocycles. The van der Waals surface area contributed by atoms with Crippen molar-refractivity contribution in [3.63, 3.8) is 0 Å². The first-order chi connectivity index (χ1) is 13.2. The summed E-state index contributed by atoms with van der Waals surface area (Å²) in [6, 6.07) is 17.1. The maximum Gasteiger partial charge on any atom is 0.242 e. The van der Waals surface area contributed by atoms with Crippen LogP contribution in [-0.2, 0) is 4.79 Å². The van der Waals surface area contributed by atoms with Gasteiger partial charge in [0, 0.05) is 24.1 Å². The molecule has 1 saturated heterocycles. The fourth-order valence-electron chi connectivity index (χ4n) is 3.16. The van der Waals surface area contributed by atoms with E-state index in [0.29, 0.717) is 6.42 Å². The van der Waals surface area contributed by atoms with Crippen LogP contribution in [0.1, 0.15) is 18.0 Å². The number of benzene rings is 2. The summed E-state index contributed by atoms with van der Waals surface area (Å²) in [4.78, 5) is 12.6. The molecule has 2 atom stereocenters. The highest BCUT2D eigenvalue weighted by molar-refractivity contribution is 5.95. The smallest absolute Gasteiger partial charge is 0.242 e. The van der Waals surface area contributed by atoms with E-state index in [4.69, 9.17) is 4.74 Å². The minimum atomic E-state index is -0.314. The van der Waals surface area contributed by atoms with Crippen LogP contribution >= 0.6 is 0 Å². The van der Waals surface area contributed by atoms with Gasteiger partial charge in [-0.25, -0.2) is 15.5 Å². The van der Waals surface area contributed by atoms with Crippen LogP contribution in [0.15, 0.2) is 67.0 Å². The van der Waals surface area contributed by atoms with Crippen molar-refractivity contribution in [2.45, 2.75) is 18.5 Å². The zero-order chi connectivity index (χ0) is 18.6. The van der Waals surface area contributed by atoms with Crippen molar-refractivity contribution in [1.82, 2.24) is 20.6 Å². The number of carbonyl (C=O) groups excluding carboxylic acids is 1. The van der Waals surface area contributed by atoms with Gasteiger partial charge in [0.1, 0.15) is 11.8 Å². The molecule has 1 fully saturated rings. The molecule has 4 rings (SSSR count). The normalized spacial score (nSPS) is 19.0. The van der Waals surface area contributed by atoms with E-state index in [1.54, 1.807) is 18.0 Å². The largest absolute Gasteiger partial charge is 0.497 e. The molecule has 0 bridgehead atoms. The van der Waals surface area contributed by atoms with Crippen LogP contribution in [0, 0.1) is 0 Å². The Morgan fingerprint density at radius 3 is 2.78 bits per heavy atom. The molecule has 7 nitrogen and oxygen atoms in total. The second-order valence-corrected chi connectivity index (χ2v) is 6.39. The summed E-state index contributed by atoms with van der Waals surface area (Å²) >= 11 is 0. The summed E-state index contributed by atoms with van der Waals surface area (Å²) in [6.07, 6.45) is 4.25. The van der Waals surface area contributed by atoms with Gasteiger partial charge in [-0.15, -0.1) is 0 Å². The lowest BCUT2D eigenvalue weighted by molar-refractivity contribution is -0.117. The Morgan fingerprint density at radius 1 is 1.19 bits per heavy atom. The molecule has 1 aliphatic heterocycles. The third-order valence-electron chi connectivity index (χ3n) is 4.62. The molecular formula is C20H21N5O2. The first-order valence-corrected chi connectivity index (χ1v) is 8.79. The first kappa shape index (κ1) is 17.3. The zero-order valence-corrected chi connectivity index (χ0v) is 14.9. The topological polar surface area (TPSA) is 80.2 Å². The van der Waals surface area contributed by atoms with Crippen molar-refractivity contribution < 1.29 is 9.53 Å². The Hall–Kier alpha value is -3.16. The Kier molecular flexibility index (Phi) is 4.86. The van der Waals surface area contributed by atoms with Crippen LogP contribution in [0.5, 0.6) is 5.75 Å². The lowest BCUT2D eigenvalue weighted by Crippen LogP contribution is -2.39. The van der Waals surface area contributed by atoms with Gasteiger partial charge in [-0.05, 0) is 48.4 Å². The highest BCUT2D eigenvalue weighted by Gasteiger charge is 2.30. The quantitative estimate of drug-likeness (QED) is 0.649. The number of nitrogens with zero attached hydrogens (tertiary/aromatic N) is 2. The maximum absolute atomic E-state index is 12.6. The van der Waals surface area contributed by atoms with E-state index in [1.165, 1.54) is 0 Å². The number of methoxy groups -OCH3 is 1. The van der Waals surface area contributed by atoms with E-state index in [-0.39, 0.29) is 18.0 Å². The second kappa shape index (κ2) is 7.61. The van der Waals surface area contributed by atoms with Crippen molar-refractivity contribution in [1.29, 1.82) is 0 Å². The molecule has 138 valence electrons. The number of carbonyl (C=O) groups is 1. The van der Waals surface area contributed by atoms with Gasteiger partial charge < -0.3 is 10.1 Å². The highest BCUT2D eigenvalue weighted by Crippen LogP contribution is 2.25. The Balaban J connectivity index is 1.40. The predicted molar refractivity (Wildman–Crippen MR) is 103 cm³/mol. The Morgan fingerprint density at radius 2 is 2.04 bits per heavy atom. The van der Waals surface area contributed by atoms with Crippen LogP contribution in [0.25, 0.3) is 5.69 Å². The van der Waals surface area contributed by atoms with E-state index in [0.717, 1.165) is 22.7 Å². The van der Waals surface area contributed by atoms with Crippen molar-refractivity contribution in [3.8, 4) is 11.4 Å². The third-order valence-corrected chi connectivity index (χ3v) is 4.62. The van der Waals surface area contributed by atoms with Crippen LogP contribution in [0.3, 0.4) is 0 Å². The number of hydrogen-bond donors (Lipinski definition) is 3. The monoisotopic (exact) mass is 363 g/mol. The van der Waals surface area contributed by atoms with Crippen molar-refractivity contribution in [2.75, 3.05) is 12.4 Å². The molecule has 3 aromatic rings. The average Bonchev–Trinajstić information content (AvgIpc) is 3.40. The third kappa shape index (κ3) is 3.84. The number of nitrogens with one attached hydrogen (secondary N) is 3. The minimum Gasteiger partial charge on any atom is -0.497 e. The summed E-state index contributed by atoms with van der Waals surface area (Å²) in [7, 11) is 1.64. The fraction of sp³-hybridized carbons (Fsp3) is 0.200. The molecular weight excluding hydrogens is 342 g/mol. The fourth-order valence-corrected chi connectivity index (χ4v) is 3.16. The van der Waals surface area contributed by atoms with Crippen LogP contribution in [0.2, 0.25) is 0 Å². The number of rotatable bonds is 5. The van der Waals surface area contributed by atoms with Gasteiger partial charge in [0.25, 0.3) is 0 Å². The summed E-state index contributed by atoms with van der Waals surface area (Å²) in [5.41, 5.74) is 9.02. The Bertz CT molecular complexity index is 908. The Labute approximate surface area is 157 Å². The molecule has 0 saturated carbocycles. The molecule has 2 heterocycles. The van der Waals surface area contributed by atoms with Gasteiger partial charge in [-0.3, -0.25) is 4.79 Å². The standard InChI is InChI=1S/C20H21N5O2/c1-27-17-8-6-14(7-9-17)18-13-19(24-23-18)20(26)22-15-4-2-5-16(12-15)25-11-3-10-21-25/h2-12,18-19,23-24H,13H2,1H3,(H,22,26). The molecule has 0 spiro atoms. The van der Waals surface area contributed by atoms with E-state index in [1.807, 2.05) is 60.8 Å². The molecule has 1 amide bonds. The number of hydrazine groups is 1. The van der Waals surface area contributed by atoms with E-state index in [2.05, 4.69) is 21.3 Å². The molecule has 0 radical (unpaired) electrons. The lowest BCUT2D eigenvalue weighted by atomic mass is 10.0. The zero-order valence-electron chi connectivity index (χ0n) is 14.9. The lowest BCUT2D eigenvalue weighted by Gasteiger charge is -2.12. The summed E-state index contributed by atoms with van der Waals surface area (Å²) in [6.45, 7) is 0. The van der Waals surface area contributed by atoms with Crippen LogP contribution in [0.4, 0.5) is 5.69 Å². The number of aromatic nitrogens is 2. The number of hydrogen-bond acceptors (Lipinski definition) is 5. The predicted octanol–water partition coefficient (Wildman–Crippen LogP) is 2.43. The number of amides is 1. The number of ether oxygens (including phenoxy) is 1. The molecule has 1 aliphatic rings. The SMILES string of the molecule is COc1ccc(C2CC(C(=O)Nc3cccc(-n4cccn4)c3)NN2)cc1. The minimum absolute atomic E-state index is 0.0714. The van der Waals surface area contributed by atoms with Gasteiger partial charge in [-0.1, -0.05) is 18.2 Å². The van der Waals surface area contributed by atoms with Crippen molar-refractivity contribution >= 4 is 11.6 Å². The highest BCUT2D eigenvalue weighted by atomic mass is 16.5. The maximum atomic E-state index is 12.6. The molecule has 27 heavy (non-hydrogen) atoms. The van der Waals surface area contributed by atoms with Gasteiger partial charge >= 0.3 is 0 Å². The molecule has 1 aromatic heterocycles. The van der Waals surface area contributed by atoms with E-state index >= 15 is 0 Å². The van der Waals surface area contributed by atoms with Crippen LogP contribution < -0.4 is 20.9 Å². The van der Waals surface area contributed by atoms with Crippen LogP contribution in [-0.4, -0.2) is 28.8 Å². The van der Waals surface area contributed by atoms with E-state index in [9.17, 15) is 4.79 Å². The molecule has 2 aromatic carbocycles. The van der Waals surface area contributed by atoms with Gasteiger partial charge in [-0.2, -0.15) is 5.10 Å². The van der Waals surface area contributed by atoms with E-state index < -0.39 is 0 Å². The summed E-state index contributed by atoms with van der Waals surface area (Å²) in [5, 5.41) is 7.19. The second-order valence-electron chi connectivity index (χ2n) is 6.39. The number of anilines is 1. The molecule has 7 heteroatoms. The van der Waals surface area contributed by atoms with Gasteiger partial charge in [0.15, 0.2) is 0 Å². The van der Waals surface area contributed by atoms with Crippen molar-refractivity contribution in [2.24, 2.45) is 0 Å². The summed E-state index contributed by atoms with van der Waals surface area (Å²) < 4.78 is 6.94. The first-order valence-electron chi connectivity index (χ1n) is 8.79. The van der Waals surface area contributed by atoms with Crippen molar-refractivity contribution in [3.05, 3.63) is 72.6 Å².